The average molecular weight is 154 g/mol. The van der Waals surface area contributed by atoms with Crippen LogP contribution in [0.3, 0.4) is 0 Å². The average Bonchev–Trinajstić information content (AvgIpc) is 1.94. The maximum absolute atomic E-state index is 12.8. The van der Waals surface area contributed by atoms with Gasteiger partial charge in [0.2, 0.25) is 0 Å². The maximum atomic E-state index is 12.8. The van der Waals surface area contributed by atoms with Crippen LogP contribution >= 0.6 is 0 Å². The van der Waals surface area contributed by atoms with E-state index < -0.39 is 17.4 Å². The lowest BCUT2D eigenvalue weighted by Crippen LogP contribution is -2.12. The quantitative estimate of drug-likeness (QED) is 0.414. The number of nitrogen functional groups attached to an aromatic ring is 1. The Labute approximate surface area is 62.8 Å². The van der Waals surface area contributed by atoms with Crippen molar-refractivity contribution in [2.45, 2.75) is 0 Å². The summed E-state index contributed by atoms with van der Waals surface area (Å²) in [6, 6.07) is 3.95. The van der Waals surface area contributed by atoms with Crippen molar-refractivity contribution in [3.63, 3.8) is 0 Å². The lowest BCUT2D eigenvalue weighted by Gasteiger charge is -2.00. The maximum Gasteiger partial charge on any atom is 0.175 e. The lowest BCUT2D eigenvalue weighted by molar-refractivity contribution is 0.432. The number of nitrogens with two attached hydrogens (primary N) is 1. The fourth-order valence-electron chi connectivity index (χ4n) is 0.728. The molecule has 0 saturated carbocycles. The topological polar surface area (TPSA) is 70.1 Å². The van der Waals surface area contributed by atoms with Crippen molar-refractivity contribution in [2.24, 2.45) is 5.73 Å². The van der Waals surface area contributed by atoms with Crippen molar-refractivity contribution >= 4 is 5.84 Å². The van der Waals surface area contributed by atoms with E-state index in [4.69, 9.17) is 16.2 Å². The third-order valence-corrected chi connectivity index (χ3v) is 1.27. The molecule has 0 unspecified atom stereocenters. The second kappa shape index (κ2) is 2.57. The number of amidine groups is 1. The van der Waals surface area contributed by atoms with Gasteiger partial charge in [-0.3, -0.25) is 5.41 Å². The van der Waals surface area contributed by atoms with Gasteiger partial charge in [0, 0.05) is 0 Å². The molecule has 1 aromatic carbocycles. The van der Waals surface area contributed by atoms with Crippen LogP contribution in [0.2, 0.25) is 0 Å². The smallest absolute Gasteiger partial charge is 0.175 e. The summed E-state index contributed by atoms with van der Waals surface area (Å²) in [6.07, 6.45) is 0. The number of hydrogen-bond acceptors (Lipinski definition) is 2. The normalized spacial score (nSPS) is 9.55. The van der Waals surface area contributed by atoms with E-state index in [0.29, 0.717) is 0 Å². The first kappa shape index (κ1) is 7.53. The van der Waals surface area contributed by atoms with Crippen molar-refractivity contribution < 1.29 is 9.50 Å². The minimum absolute atomic E-state index is 0.0787. The van der Waals surface area contributed by atoms with E-state index in [9.17, 15) is 4.39 Å². The van der Waals surface area contributed by atoms with Gasteiger partial charge >= 0.3 is 0 Å². The Bertz CT molecular complexity index is 298. The van der Waals surface area contributed by atoms with Crippen LogP contribution in [0.25, 0.3) is 0 Å². The molecule has 1 aromatic rings. The minimum Gasteiger partial charge on any atom is -0.505 e. The molecule has 58 valence electrons. The van der Waals surface area contributed by atoms with Crippen LogP contribution in [0, 0.1) is 11.2 Å². The minimum atomic E-state index is -0.847. The molecule has 0 aliphatic rings. The zero-order valence-electron chi connectivity index (χ0n) is 5.63. The van der Waals surface area contributed by atoms with E-state index in [1.54, 1.807) is 0 Å². The molecular formula is C7H7FN2O. The van der Waals surface area contributed by atoms with Gasteiger partial charge in [-0.2, -0.15) is 0 Å². The highest BCUT2D eigenvalue weighted by atomic mass is 19.1. The molecule has 0 heterocycles. The predicted octanol–water partition coefficient (Wildman–Crippen LogP) is 0.815. The van der Waals surface area contributed by atoms with Gasteiger partial charge in [0.1, 0.15) is 5.84 Å². The molecule has 0 spiro atoms. The van der Waals surface area contributed by atoms with Gasteiger partial charge in [0.25, 0.3) is 0 Å². The molecule has 0 aliphatic carbocycles. The van der Waals surface area contributed by atoms with Crippen LogP contribution in [0.4, 0.5) is 4.39 Å². The van der Waals surface area contributed by atoms with Gasteiger partial charge in [-0.1, -0.05) is 6.07 Å². The number of benzene rings is 1. The number of halogens is 1. The highest BCUT2D eigenvalue weighted by Gasteiger charge is 2.07. The lowest BCUT2D eigenvalue weighted by atomic mass is 10.2. The molecule has 0 atom stereocenters. The number of nitrogens with one attached hydrogen (secondary N) is 1. The fraction of sp³-hybridized carbons (Fsp3) is 0. The van der Waals surface area contributed by atoms with E-state index in [1.807, 2.05) is 0 Å². The predicted molar refractivity (Wildman–Crippen MR) is 39.1 cm³/mol. The first-order valence-corrected chi connectivity index (χ1v) is 2.95. The Hall–Kier alpha value is -1.58. The Morgan fingerprint density at radius 3 is 2.64 bits per heavy atom. The van der Waals surface area contributed by atoms with Gasteiger partial charge in [-0.05, 0) is 12.1 Å². The first-order chi connectivity index (χ1) is 5.13. The van der Waals surface area contributed by atoms with Crippen LogP contribution in [0.5, 0.6) is 5.75 Å². The molecule has 0 aliphatic heterocycles. The molecular weight excluding hydrogens is 147 g/mol. The summed E-state index contributed by atoms with van der Waals surface area (Å²) in [5, 5.41) is 15.7. The molecule has 4 N–H and O–H groups in total. The molecule has 0 saturated heterocycles. The SMILES string of the molecule is N=C(N)c1cccc(O)c1F. The monoisotopic (exact) mass is 154 g/mol. The van der Waals surface area contributed by atoms with Crippen molar-refractivity contribution in [2.75, 3.05) is 0 Å². The van der Waals surface area contributed by atoms with Crippen LogP contribution in [0.1, 0.15) is 5.56 Å². The number of phenolic OH excluding ortho intramolecular Hbond substituents is 1. The molecule has 0 fully saturated rings. The summed E-state index contributed by atoms with van der Waals surface area (Å²) in [4.78, 5) is 0. The molecule has 4 heteroatoms. The fourth-order valence-corrected chi connectivity index (χ4v) is 0.728. The van der Waals surface area contributed by atoms with E-state index in [0.717, 1.165) is 0 Å². The number of rotatable bonds is 1. The zero-order chi connectivity index (χ0) is 8.43. The molecule has 3 nitrogen and oxygen atoms in total. The van der Waals surface area contributed by atoms with Crippen molar-refractivity contribution in [1.82, 2.24) is 0 Å². The summed E-state index contributed by atoms with van der Waals surface area (Å²) in [5.41, 5.74) is 4.94. The van der Waals surface area contributed by atoms with Gasteiger partial charge < -0.3 is 10.8 Å². The van der Waals surface area contributed by atoms with Crippen molar-refractivity contribution in [3.8, 4) is 5.75 Å². The summed E-state index contributed by atoms with van der Waals surface area (Å²) in [5.74, 6) is -1.73. The summed E-state index contributed by atoms with van der Waals surface area (Å²) in [7, 11) is 0. The third kappa shape index (κ3) is 1.29. The summed E-state index contributed by atoms with van der Waals surface area (Å²) >= 11 is 0. The van der Waals surface area contributed by atoms with Gasteiger partial charge in [0.05, 0.1) is 5.56 Å². The first-order valence-electron chi connectivity index (χ1n) is 2.95. The standard InChI is InChI=1S/C7H7FN2O/c8-6-4(7(9)10)2-1-3-5(6)11/h1-3,11H,(H3,9,10). The highest BCUT2D eigenvalue weighted by Crippen LogP contribution is 2.17. The van der Waals surface area contributed by atoms with Crippen LogP contribution < -0.4 is 5.73 Å². The van der Waals surface area contributed by atoms with Crippen molar-refractivity contribution in [3.05, 3.63) is 29.6 Å². The van der Waals surface area contributed by atoms with Gasteiger partial charge in [-0.15, -0.1) is 0 Å². The molecule has 0 radical (unpaired) electrons. The number of phenols is 1. The Morgan fingerprint density at radius 1 is 1.55 bits per heavy atom. The van der Waals surface area contributed by atoms with Crippen LogP contribution in [-0.2, 0) is 0 Å². The Balaban J connectivity index is 3.27. The third-order valence-electron chi connectivity index (χ3n) is 1.27. The Morgan fingerprint density at radius 2 is 2.18 bits per heavy atom. The molecule has 0 aromatic heterocycles. The van der Waals surface area contributed by atoms with Crippen LogP contribution in [-0.4, -0.2) is 10.9 Å². The van der Waals surface area contributed by atoms with Gasteiger partial charge in [0.15, 0.2) is 11.6 Å². The Kier molecular flexibility index (Phi) is 1.76. The van der Waals surface area contributed by atoms with E-state index in [-0.39, 0.29) is 5.56 Å². The van der Waals surface area contributed by atoms with E-state index in [2.05, 4.69) is 0 Å². The number of hydrogen-bond donors (Lipinski definition) is 3. The molecule has 0 bridgehead atoms. The van der Waals surface area contributed by atoms with E-state index in [1.165, 1.54) is 18.2 Å². The van der Waals surface area contributed by atoms with Gasteiger partial charge in [-0.25, -0.2) is 4.39 Å². The molecule has 11 heavy (non-hydrogen) atoms. The molecule has 1 rings (SSSR count). The largest absolute Gasteiger partial charge is 0.505 e. The summed E-state index contributed by atoms with van der Waals surface area (Å²) in [6.45, 7) is 0. The highest BCUT2D eigenvalue weighted by molar-refractivity contribution is 5.95. The van der Waals surface area contributed by atoms with E-state index >= 15 is 0 Å². The zero-order valence-corrected chi connectivity index (χ0v) is 5.63. The second-order valence-electron chi connectivity index (χ2n) is 2.05. The van der Waals surface area contributed by atoms with Crippen molar-refractivity contribution in [1.29, 1.82) is 5.41 Å². The second-order valence-corrected chi connectivity index (χ2v) is 2.05. The van der Waals surface area contributed by atoms with Crippen LogP contribution in [0.15, 0.2) is 18.2 Å². The molecule has 0 amide bonds. The summed E-state index contributed by atoms with van der Waals surface area (Å²) < 4.78 is 12.8. The number of aromatic hydroxyl groups is 1.